The number of benzene rings is 2. The number of amides is 2. The molecule has 35 heavy (non-hydrogen) atoms. The van der Waals surface area contributed by atoms with Crippen molar-refractivity contribution in [2.24, 2.45) is 5.92 Å². The van der Waals surface area contributed by atoms with Gasteiger partial charge in [-0.25, -0.2) is 4.98 Å². The zero-order valence-corrected chi connectivity index (χ0v) is 21.3. The van der Waals surface area contributed by atoms with Crippen molar-refractivity contribution in [3.63, 3.8) is 0 Å². The zero-order valence-electron chi connectivity index (χ0n) is 20.5. The minimum Gasteiger partial charge on any atom is -0.328 e. The van der Waals surface area contributed by atoms with Gasteiger partial charge in [0.2, 0.25) is 11.9 Å². The molecule has 0 saturated carbocycles. The Kier molecular flexibility index (Phi) is 7.46. The molecule has 2 aromatic heterocycles. The molecule has 4 aromatic rings. The van der Waals surface area contributed by atoms with Crippen LogP contribution < -0.4 is 5.32 Å². The number of imidazole rings is 1. The van der Waals surface area contributed by atoms with E-state index in [0.717, 1.165) is 22.5 Å². The molecule has 0 aliphatic carbocycles. The summed E-state index contributed by atoms with van der Waals surface area (Å²) in [5.41, 5.74) is 4.97. The number of hydrogen-bond acceptors (Lipinski definition) is 4. The molecular formula is C28H30N4O2S. The summed E-state index contributed by atoms with van der Waals surface area (Å²) >= 11 is 1.38. The minimum absolute atomic E-state index is 0.0463. The molecular weight excluding hydrogens is 456 g/mol. The lowest BCUT2D eigenvalue weighted by atomic mass is 10.1. The Balaban J connectivity index is 1.63. The summed E-state index contributed by atoms with van der Waals surface area (Å²) in [4.78, 5) is 33.2. The fraction of sp³-hybridized carbons (Fsp3) is 0.250. The maximum atomic E-state index is 13.2. The predicted octanol–water partition coefficient (Wildman–Crippen LogP) is 5.95. The number of rotatable bonds is 8. The molecule has 0 aliphatic heterocycles. The van der Waals surface area contributed by atoms with Crippen LogP contribution in [-0.2, 0) is 4.79 Å². The highest BCUT2D eigenvalue weighted by atomic mass is 32.1. The van der Waals surface area contributed by atoms with Crippen LogP contribution >= 0.6 is 11.3 Å². The number of aromatic nitrogens is 2. The first kappa shape index (κ1) is 24.4. The summed E-state index contributed by atoms with van der Waals surface area (Å²) in [6.45, 7) is 8.64. The van der Waals surface area contributed by atoms with E-state index in [2.05, 4.69) is 31.3 Å². The fourth-order valence-corrected chi connectivity index (χ4v) is 4.53. The lowest BCUT2D eigenvalue weighted by Crippen LogP contribution is -2.40. The Morgan fingerprint density at radius 2 is 1.80 bits per heavy atom. The number of aryl methyl sites for hydroxylation is 2. The first-order valence-corrected chi connectivity index (χ1v) is 12.5. The van der Waals surface area contributed by atoms with Gasteiger partial charge in [0.25, 0.3) is 5.91 Å². The van der Waals surface area contributed by atoms with Gasteiger partial charge in [0.15, 0.2) is 0 Å². The van der Waals surface area contributed by atoms with Gasteiger partial charge in [-0.15, -0.1) is 11.3 Å². The summed E-state index contributed by atoms with van der Waals surface area (Å²) in [6, 6.07) is 19.6. The molecule has 6 nitrogen and oxygen atoms in total. The van der Waals surface area contributed by atoms with Crippen molar-refractivity contribution in [2.75, 3.05) is 18.4 Å². The zero-order chi connectivity index (χ0) is 24.9. The summed E-state index contributed by atoms with van der Waals surface area (Å²) in [5, 5.41) is 4.83. The average Bonchev–Trinajstić information content (AvgIpc) is 3.51. The molecule has 0 atom stereocenters. The molecule has 0 bridgehead atoms. The molecule has 2 amide bonds. The average molecular weight is 487 g/mol. The third-order valence-corrected chi connectivity index (χ3v) is 6.59. The number of anilines is 1. The van der Waals surface area contributed by atoms with Gasteiger partial charge in [-0.05, 0) is 54.5 Å². The van der Waals surface area contributed by atoms with Gasteiger partial charge >= 0.3 is 0 Å². The Hall–Kier alpha value is -3.71. The van der Waals surface area contributed by atoms with Crippen LogP contribution in [0.3, 0.4) is 0 Å². The quantitative estimate of drug-likeness (QED) is 0.334. The Morgan fingerprint density at radius 1 is 1.03 bits per heavy atom. The molecule has 2 heterocycles. The highest BCUT2D eigenvalue weighted by Crippen LogP contribution is 2.25. The van der Waals surface area contributed by atoms with Gasteiger partial charge < -0.3 is 4.90 Å². The van der Waals surface area contributed by atoms with E-state index in [-0.39, 0.29) is 24.3 Å². The van der Waals surface area contributed by atoms with Gasteiger partial charge in [-0.2, -0.15) is 0 Å². The highest BCUT2D eigenvalue weighted by Gasteiger charge is 2.22. The molecule has 4 rings (SSSR count). The van der Waals surface area contributed by atoms with Crippen LogP contribution in [0.2, 0.25) is 0 Å². The normalized spacial score (nSPS) is 11.0. The number of carbonyl (C=O) groups excluding carboxylic acids is 2. The number of nitrogens with zero attached hydrogens (tertiary/aromatic N) is 3. The van der Waals surface area contributed by atoms with E-state index >= 15 is 0 Å². The number of carbonyl (C=O) groups is 2. The second-order valence-electron chi connectivity index (χ2n) is 9.06. The van der Waals surface area contributed by atoms with E-state index in [1.54, 1.807) is 11.0 Å². The largest absolute Gasteiger partial charge is 0.328 e. The molecule has 1 N–H and O–H groups in total. The van der Waals surface area contributed by atoms with Crippen LogP contribution in [0.4, 0.5) is 5.95 Å². The SMILES string of the molecule is Cc1ccc(-n2cc(-c3ccccc3)nc2NC(=O)CN(CC(C)C)C(=O)c2cccs2)cc1C. The second-order valence-corrected chi connectivity index (χ2v) is 10.0. The van der Waals surface area contributed by atoms with E-state index in [0.29, 0.717) is 17.4 Å². The van der Waals surface area contributed by atoms with E-state index in [1.807, 2.05) is 72.5 Å². The van der Waals surface area contributed by atoms with E-state index in [1.165, 1.54) is 16.9 Å². The molecule has 0 radical (unpaired) electrons. The van der Waals surface area contributed by atoms with Crippen molar-refractivity contribution < 1.29 is 9.59 Å². The fourth-order valence-electron chi connectivity index (χ4n) is 3.84. The lowest BCUT2D eigenvalue weighted by Gasteiger charge is -2.23. The van der Waals surface area contributed by atoms with Crippen LogP contribution in [0, 0.1) is 19.8 Å². The van der Waals surface area contributed by atoms with E-state index < -0.39 is 0 Å². The van der Waals surface area contributed by atoms with Gasteiger partial charge in [0.05, 0.1) is 10.6 Å². The molecule has 7 heteroatoms. The van der Waals surface area contributed by atoms with Crippen LogP contribution in [0.1, 0.15) is 34.6 Å². The molecule has 2 aromatic carbocycles. The number of thiophene rings is 1. The maximum Gasteiger partial charge on any atom is 0.264 e. The Labute approximate surface area is 210 Å². The second kappa shape index (κ2) is 10.7. The monoisotopic (exact) mass is 486 g/mol. The Bertz CT molecular complexity index is 1310. The molecule has 0 spiro atoms. The molecule has 0 aliphatic rings. The number of hydrogen-bond donors (Lipinski definition) is 1. The van der Waals surface area contributed by atoms with E-state index in [4.69, 9.17) is 4.98 Å². The van der Waals surface area contributed by atoms with Crippen molar-refractivity contribution in [3.05, 3.63) is 88.2 Å². The van der Waals surface area contributed by atoms with Gasteiger partial charge in [0, 0.05) is 24.0 Å². The van der Waals surface area contributed by atoms with Crippen molar-refractivity contribution >= 4 is 29.1 Å². The van der Waals surface area contributed by atoms with Crippen LogP contribution in [0.25, 0.3) is 16.9 Å². The summed E-state index contributed by atoms with van der Waals surface area (Å²) in [5.74, 6) is 0.233. The Morgan fingerprint density at radius 3 is 2.46 bits per heavy atom. The lowest BCUT2D eigenvalue weighted by molar-refractivity contribution is -0.117. The molecule has 0 unspecified atom stereocenters. The molecule has 0 fully saturated rings. The standard InChI is InChI=1S/C28H30N4O2S/c1-19(2)16-31(27(34)25-11-8-14-35-25)18-26(33)30-28-29-24(22-9-6-5-7-10-22)17-32(28)23-13-12-20(3)21(4)15-23/h5-15,17,19H,16,18H2,1-4H3,(H,29,30,33). The van der Waals surface area contributed by atoms with Crippen molar-refractivity contribution in [1.29, 1.82) is 0 Å². The molecule has 180 valence electrons. The summed E-state index contributed by atoms with van der Waals surface area (Å²) < 4.78 is 1.89. The van der Waals surface area contributed by atoms with E-state index in [9.17, 15) is 9.59 Å². The van der Waals surface area contributed by atoms with Crippen LogP contribution in [-0.4, -0.2) is 39.4 Å². The van der Waals surface area contributed by atoms with Gasteiger partial charge in [-0.3, -0.25) is 19.5 Å². The van der Waals surface area contributed by atoms with Gasteiger partial charge in [-0.1, -0.05) is 56.3 Å². The third-order valence-electron chi connectivity index (χ3n) is 5.73. The van der Waals surface area contributed by atoms with Crippen LogP contribution in [0.5, 0.6) is 0 Å². The van der Waals surface area contributed by atoms with Crippen LogP contribution in [0.15, 0.2) is 72.2 Å². The summed E-state index contributed by atoms with van der Waals surface area (Å²) in [6.07, 6.45) is 1.93. The molecule has 0 saturated heterocycles. The number of nitrogens with one attached hydrogen (secondary N) is 1. The maximum absolute atomic E-state index is 13.2. The van der Waals surface area contributed by atoms with Crippen molar-refractivity contribution in [3.8, 4) is 16.9 Å². The summed E-state index contributed by atoms with van der Waals surface area (Å²) in [7, 11) is 0. The first-order chi connectivity index (χ1) is 16.8. The van der Waals surface area contributed by atoms with Gasteiger partial charge in [0.1, 0.15) is 6.54 Å². The smallest absolute Gasteiger partial charge is 0.264 e. The minimum atomic E-state index is -0.286. The predicted molar refractivity (Wildman–Crippen MR) is 142 cm³/mol. The third kappa shape index (κ3) is 5.87. The topological polar surface area (TPSA) is 67.2 Å². The highest BCUT2D eigenvalue weighted by molar-refractivity contribution is 7.12. The van der Waals surface area contributed by atoms with Crippen molar-refractivity contribution in [2.45, 2.75) is 27.7 Å². The first-order valence-electron chi connectivity index (χ1n) is 11.7. The van der Waals surface area contributed by atoms with Crippen molar-refractivity contribution in [1.82, 2.24) is 14.5 Å².